The fraction of sp³-hybridized carbons (Fsp3) is 0.118. The van der Waals surface area contributed by atoms with Crippen molar-refractivity contribution in [3.8, 4) is 0 Å². The number of amides is 2. The van der Waals surface area contributed by atoms with Crippen LogP contribution >= 0.6 is 0 Å². The van der Waals surface area contributed by atoms with Gasteiger partial charge in [-0.3, -0.25) is 15.0 Å². The van der Waals surface area contributed by atoms with Crippen LogP contribution in [0.25, 0.3) is 6.08 Å². The smallest absolute Gasteiger partial charge is 0.294 e. The van der Waals surface area contributed by atoms with Gasteiger partial charge < -0.3 is 0 Å². The number of anilines is 1. The Hall–Kier alpha value is -3.20. The number of nitrogens with zero attached hydrogens (tertiary/aromatic N) is 2. The van der Waals surface area contributed by atoms with Gasteiger partial charge in [-0.2, -0.15) is 0 Å². The summed E-state index contributed by atoms with van der Waals surface area (Å²) >= 11 is 0. The number of nitro benzene ring substituents is 1. The van der Waals surface area contributed by atoms with Crippen molar-refractivity contribution in [1.29, 1.82) is 0 Å². The van der Waals surface area contributed by atoms with Gasteiger partial charge in [0.1, 0.15) is 0 Å². The number of carbonyl (C=O) groups excluding carboxylic acids is 1. The molecule has 9 heteroatoms. The summed E-state index contributed by atoms with van der Waals surface area (Å²) in [6.07, 6.45) is 1.37. The normalized spacial score (nSPS) is 11.3. The lowest BCUT2D eigenvalue weighted by Crippen LogP contribution is -2.42. The molecular weight excluding hydrogens is 358 g/mol. The van der Waals surface area contributed by atoms with Crippen LogP contribution in [0, 0.1) is 10.1 Å². The molecule has 0 radical (unpaired) electrons. The lowest BCUT2D eigenvalue weighted by molar-refractivity contribution is -0.384. The Kier molecular flexibility index (Phi) is 6.07. The average molecular weight is 375 g/mol. The van der Waals surface area contributed by atoms with Gasteiger partial charge in [-0.15, -0.1) is 0 Å². The third-order valence-corrected chi connectivity index (χ3v) is 4.36. The Morgan fingerprint density at radius 1 is 1.15 bits per heavy atom. The molecule has 0 aromatic heterocycles. The van der Waals surface area contributed by atoms with Crippen molar-refractivity contribution in [3.05, 3.63) is 75.7 Å². The quantitative estimate of drug-likeness (QED) is 0.616. The molecule has 0 saturated heterocycles. The molecule has 2 rings (SSSR count). The van der Waals surface area contributed by atoms with Gasteiger partial charge in [-0.25, -0.2) is 17.9 Å². The molecule has 26 heavy (non-hydrogen) atoms. The van der Waals surface area contributed by atoms with Crippen LogP contribution in [0.3, 0.4) is 0 Å². The van der Waals surface area contributed by atoms with E-state index in [0.717, 1.165) is 10.3 Å². The Balaban J connectivity index is 2.12. The van der Waals surface area contributed by atoms with Crippen LogP contribution in [0.1, 0.15) is 12.5 Å². The van der Waals surface area contributed by atoms with Crippen molar-refractivity contribution in [2.24, 2.45) is 0 Å². The van der Waals surface area contributed by atoms with Crippen molar-refractivity contribution < 1.29 is 18.1 Å². The summed E-state index contributed by atoms with van der Waals surface area (Å²) in [5.41, 5.74) is 0.898. The van der Waals surface area contributed by atoms with E-state index in [2.05, 4.69) is 0 Å². The zero-order valence-corrected chi connectivity index (χ0v) is 14.7. The molecule has 0 spiro atoms. The van der Waals surface area contributed by atoms with Crippen LogP contribution in [0.2, 0.25) is 0 Å². The molecule has 0 atom stereocenters. The van der Waals surface area contributed by atoms with Gasteiger partial charge in [0.2, 0.25) is 0 Å². The van der Waals surface area contributed by atoms with Gasteiger partial charge in [-0.05, 0) is 30.7 Å². The number of benzene rings is 2. The van der Waals surface area contributed by atoms with Crippen molar-refractivity contribution in [1.82, 2.24) is 4.72 Å². The van der Waals surface area contributed by atoms with E-state index in [0.29, 0.717) is 11.3 Å². The topological polar surface area (TPSA) is 110 Å². The van der Waals surface area contributed by atoms with E-state index in [1.807, 2.05) is 4.72 Å². The monoisotopic (exact) mass is 375 g/mol. The molecule has 0 unspecified atom stereocenters. The maximum atomic E-state index is 12.3. The maximum Gasteiger partial charge on any atom is 0.335 e. The number of hydrogen-bond donors (Lipinski definition) is 1. The second kappa shape index (κ2) is 8.26. The summed E-state index contributed by atoms with van der Waals surface area (Å²) in [5, 5.41) is 11.6. The van der Waals surface area contributed by atoms with E-state index in [1.165, 1.54) is 30.3 Å². The summed E-state index contributed by atoms with van der Waals surface area (Å²) in [4.78, 5) is 23.6. The number of nitro groups is 1. The Labute approximate surface area is 151 Å². The van der Waals surface area contributed by atoms with E-state index in [9.17, 15) is 23.3 Å². The van der Waals surface area contributed by atoms with Crippen LogP contribution in [-0.2, 0) is 10.0 Å². The fourth-order valence-electron chi connectivity index (χ4n) is 2.14. The van der Waals surface area contributed by atoms with Gasteiger partial charge in [0, 0.05) is 24.4 Å². The standard InChI is InChI=1S/C17H17N3O5S/c1-2-19(15-8-10-16(11-9-15)20(22)23)17(21)18-26(24,25)13-12-14-6-4-3-5-7-14/h3-13H,2H2,1H3,(H,18,21). The van der Waals surface area contributed by atoms with Crippen LogP contribution < -0.4 is 9.62 Å². The predicted octanol–water partition coefficient (Wildman–Crippen LogP) is 3.13. The number of rotatable bonds is 6. The molecule has 8 nitrogen and oxygen atoms in total. The third kappa shape index (κ3) is 5.15. The SMILES string of the molecule is CCN(C(=O)NS(=O)(=O)C=Cc1ccccc1)c1ccc([N+](=O)[O-])cc1. The van der Waals surface area contributed by atoms with Crippen molar-refractivity contribution in [2.75, 3.05) is 11.4 Å². The molecule has 2 aromatic carbocycles. The first kappa shape index (κ1) is 19.1. The van der Waals surface area contributed by atoms with Crippen molar-refractivity contribution >= 4 is 33.5 Å². The van der Waals surface area contributed by atoms with Crippen LogP contribution in [0.4, 0.5) is 16.2 Å². The van der Waals surface area contributed by atoms with E-state index < -0.39 is 21.0 Å². The second-order valence-corrected chi connectivity index (χ2v) is 6.75. The summed E-state index contributed by atoms with van der Waals surface area (Å²) in [6.45, 7) is 1.84. The van der Waals surface area contributed by atoms with Gasteiger partial charge in [0.15, 0.2) is 0 Å². The molecule has 0 bridgehead atoms. The molecule has 136 valence electrons. The van der Waals surface area contributed by atoms with Gasteiger partial charge in [0.25, 0.3) is 15.7 Å². The highest BCUT2D eigenvalue weighted by molar-refractivity contribution is 7.93. The molecule has 2 aromatic rings. The molecule has 1 N–H and O–H groups in total. The number of hydrogen-bond acceptors (Lipinski definition) is 5. The minimum Gasteiger partial charge on any atom is -0.294 e. The highest BCUT2D eigenvalue weighted by Crippen LogP contribution is 2.19. The van der Waals surface area contributed by atoms with Crippen molar-refractivity contribution in [3.63, 3.8) is 0 Å². The lowest BCUT2D eigenvalue weighted by Gasteiger charge is -2.20. The van der Waals surface area contributed by atoms with E-state index in [1.54, 1.807) is 37.3 Å². The first-order chi connectivity index (χ1) is 12.3. The number of nitrogens with one attached hydrogen (secondary N) is 1. The Morgan fingerprint density at radius 2 is 1.77 bits per heavy atom. The summed E-state index contributed by atoms with van der Waals surface area (Å²) < 4.78 is 26.1. The molecule has 0 fully saturated rings. The summed E-state index contributed by atoms with van der Waals surface area (Å²) in [5.74, 6) is 0. The molecule has 0 aliphatic rings. The second-order valence-electron chi connectivity index (χ2n) is 5.18. The summed E-state index contributed by atoms with van der Waals surface area (Å²) in [7, 11) is -3.99. The number of carbonyl (C=O) groups is 1. The molecule has 0 heterocycles. The van der Waals surface area contributed by atoms with Crippen molar-refractivity contribution in [2.45, 2.75) is 6.92 Å². The average Bonchev–Trinajstić information content (AvgIpc) is 2.61. The largest absolute Gasteiger partial charge is 0.335 e. The zero-order chi connectivity index (χ0) is 19.2. The van der Waals surface area contributed by atoms with E-state index >= 15 is 0 Å². The minimum absolute atomic E-state index is 0.122. The third-order valence-electron chi connectivity index (χ3n) is 3.40. The highest BCUT2D eigenvalue weighted by Gasteiger charge is 2.19. The summed E-state index contributed by atoms with van der Waals surface area (Å²) in [6, 6.07) is 13.2. The molecular formula is C17H17N3O5S. The van der Waals surface area contributed by atoms with Gasteiger partial charge >= 0.3 is 6.03 Å². The number of urea groups is 1. The molecule has 0 aliphatic carbocycles. The molecule has 2 amide bonds. The first-order valence-corrected chi connectivity index (χ1v) is 9.19. The van der Waals surface area contributed by atoms with E-state index in [4.69, 9.17) is 0 Å². The van der Waals surface area contributed by atoms with Crippen LogP contribution in [-0.4, -0.2) is 25.9 Å². The predicted molar refractivity (Wildman–Crippen MR) is 99.0 cm³/mol. The first-order valence-electron chi connectivity index (χ1n) is 7.64. The Morgan fingerprint density at radius 3 is 2.31 bits per heavy atom. The van der Waals surface area contributed by atoms with Crippen LogP contribution in [0.5, 0.6) is 0 Å². The van der Waals surface area contributed by atoms with E-state index in [-0.39, 0.29) is 12.2 Å². The van der Waals surface area contributed by atoms with Gasteiger partial charge in [-0.1, -0.05) is 30.3 Å². The minimum atomic E-state index is -3.99. The zero-order valence-electron chi connectivity index (χ0n) is 13.9. The lowest BCUT2D eigenvalue weighted by atomic mass is 10.2. The van der Waals surface area contributed by atoms with Crippen LogP contribution in [0.15, 0.2) is 60.0 Å². The molecule has 0 saturated carbocycles. The maximum absolute atomic E-state index is 12.3. The number of sulfonamides is 1. The Bertz CT molecular complexity index is 909. The highest BCUT2D eigenvalue weighted by atomic mass is 32.2. The fourth-order valence-corrected chi connectivity index (χ4v) is 2.90. The molecule has 0 aliphatic heterocycles. The number of non-ortho nitro benzene ring substituents is 1. The van der Waals surface area contributed by atoms with Gasteiger partial charge in [0.05, 0.1) is 10.3 Å².